The number of benzene rings is 1. The molecule has 1 aromatic carbocycles. The first-order valence-corrected chi connectivity index (χ1v) is 13.1. The Hall–Kier alpha value is -2.62. The zero-order valence-electron chi connectivity index (χ0n) is 19.5. The number of halogens is 2. The van der Waals surface area contributed by atoms with Gasteiger partial charge in [0, 0.05) is 47.1 Å². The van der Waals surface area contributed by atoms with Gasteiger partial charge >= 0.3 is 0 Å². The van der Waals surface area contributed by atoms with E-state index < -0.39 is 0 Å². The number of aromatic nitrogens is 3. The molecule has 35 heavy (non-hydrogen) atoms. The normalized spacial score (nSPS) is 18.6. The molecule has 0 bridgehead atoms. The number of carbonyl (C=O) groups excluding carboxylic acids is 1. The van der Waals surface area contributed by atoms with Crippen molar-refractivity contribution >= 4 is 51.8 Å². The Labute approximate surface area is 217 Å². The van der Waals surface area contributed by atoms with Gasteiger partial charge in [-0.3, -0.25) is 9.48 Å². The molecule has 1 atom stereocenters. The summed E-state index contributed by atoms with van der Waals surface area (Å²) >= 11 is 14.2. The van der Waals surface area contributed by atoms with E-state index in [9.17, 15) is 4.79 Å². The number of nitrogens with two attached hydrogens (primary N) is 1. The van der Waals surface area contributed by atoms with Crippen LogP contribution in [-0.4, -0.2) is 44.4 Å². The lowest BCUT2D eigenvalue weighted by Gasteiger charge is -2.31. The summed E-state index contributed by atoms with van der Waals surface area (Å²) in [6.07, 6.45) is 2.01. The molecule has 0 aliphatic carbocycles. The molecule has 2 aliphatic heterocycles. The Bertz CT molecular complexity index is 1270. The zero-order chi connectivity index (χ0) is 24.7. The number of oxime groups is 1. The van der Waals surface area contributed by atoms with Crippen molar-refractivity contribution in [3.8, 4) is 0 Å². The van der Waals surface area contributed by atoms with E-state index in [0.29, 0.717) is 41.2 Å². The topological polar surface area (TPSA) is 98.6 Å². The van der Waals surface area contributed by atoms with E-state index in [4.69, 9.17) is 38.8 Å². The van der Waals surface area contributed by atoms with Gasteiger partial charge < -0.3 is 15.5 Å². The largest absolute Gasteiger partial charge is 0.398 e. The van der Waals surface area contributed by atoms with Crippen LogP contribution in [0.5, 0.6) is 0 Å². The average molecular weight is 533 g/mol. The number of hydrogen-bond acceptors (Lipinski definition) is 7. The van der Waals surface area contributed by atoms with Gasteiger partial charge in [0.15, 0.2) is 6.10 Å². The predicted molar refractivity (Wildman–Crippen MR) is 138 cm³/mol. The fourth-order valence-corrected chi connectivity index (χ4v) is 6.06. The molecule has 4 heterocycles. The van der Waals surface area contributed by atoms with Crippen LogP contribution < -0.4 is 5.73 Å². The number of hydrogen-bond donors (Lipinski definition) is 1. The highest BCUT2D eigenvalue weighted by atomic mass is 35.5. The van der Waals surface area contributed by atoms with Crippen molar-refractivity contribution in [2.75, 3.05) is 18.8 Å². The van der Waals surface area contributed by atoms with Gasteiger partial charge in [0.05, 0.1) is 27.1 Å². The van der Waals surface area contributed by atoms with Gasteiger partial charge in [0.1, 0.15) is 12.3 Å². The first kappa shape index (κ1) is 24.1. The molecule has 1 saturated heterocycles. The molecule has 2 aliphatic rings. The van der Waals surface area contributed by atoms with Crippen LogP contribution in [0.2, 0.25) is 10.0 Å². The van der Waals surface area contributed by atoms with Crippen LogP contribution in [0, 0.1) is 13.8 Å². The molecule has 11 heteroatoms. The summed E-state index contributed by atoms with van der Waals surface area (Å²) in [5.74, 6) is 0.381. The zero-order valence-corrected chi connectivity index (χ0v) is 21.8. The first-order valence-electron chi connectivity index (χ1n) is 11.5. The SMILES string of the molecule is Cc1nn(CC(=O)N2CCC(c3nc(C4=NOC(c5c(N)cccc5Cl)C4)cs3)CC2)c(C)c1Cl. The quantitative estimate of drug-likeness (QED) is 0.460. The Kier molecular flexibility index (Phi) is 6.74. The maximum absolute atomic E-state index is 12.8. The Morgan fingerprint density at radius 2 is 2.03 bits per heavy atom. The lowest BCUT2D eigenvalue weighted by atomic mass is 9.97. The molecule has 0 radical (unpaired) electrons. The Morgan fingerprint density at radius 1 is 1.26 bits per heavy atom. The summed E-state index contributed by atoms with van der Waals surface area (Å²) < 4.78 is 1.69. The molecule has 3 aromatic rings. The monoisotopic (exact) mass is 532 g/mol. The van der Waals surface area contributed by atoms with Crippen molar-refractivity contribution in [3.05, 3.63) is 61.3 Å². The lowest BCUT2D eigenvalue weighted by molar-refractivity contribution is -0.133. The second-order valence-electron chi connectivity index (χ2n) is 8.95. The van der Waals surface area contributed by atoms with Crippen LogP contribution in [0.25, 0.3) is 0 Å². The maximum atomic E-state index is 12.8. The van der Waals surface area contributed by atoms with Crippen LogP contribution in [0.15, 0.2) is 28.7 Å². The fraction of sp³-hybridized carbons (Fsp3) is 0.417. The molecule has 8 nitrogen and oxygen atoms in total. The van der Waals surface area contributed by atoms with E-state index in [0.717, 1.165) is 46.2 Å². The number of aryl methyl sites for hydroxylation is 1. The summed E-state index contributed by atoms with van der Waals surface area (Å²) in [7, 11) is 0. The van der Waals surface area contributed by atoms with Gasteiger partial charge in [0.2, 0.25) is 5.91 Å². The number of carbonyl (C=O) groups is 1. The lowest BCUT2D eigenvalue weighted by Crippen LogP contribution is -2.40. The number of likely N-dealkylation sites (tertiary alicyclic amines) is 1. The van der Waals surface area contributed by atoms with Gasteiger partial charge in [-0.15, -0.1) is 11.3 Å². The molecule has 1 fully saturated rings. The predicted octanol–water partition coefficient (Wildman–Crippen LogP) is 5.12. The van der Waals surface area contributed by atoms with Crippen molar-refractivity contribution in [3.63, 3.8) is 0 Å². The van der Waals surface area contributed by atoms with E-state index in [2.05, 4.69) is 10.3 Å². The molecule has 184 valence electrons. The Balaban J connectivity index is 1.18. The van der Waals surface area contributed by atoms with E-state index in [-0.39, 0.29) is 18.6 Å². The van der Waals surface area contributed by atoms with E-state index >= 15 is 0 Å². The van der Waals surface area contributed by atoms with Crippen molar-refractivity contribution in [1.29, 1.82) is 0 Å². The maximum Gasteiger partial charge on any atom is 0.244 e. The van der Waals surface area contributed by atoms with Crippen molar-refractivity contribution < 1.29 is 9.63 Å². The van der Waals surface area contributed by atoms with E-state index in [1.165, 1.54) is 0 Å². The fourth-order valence-electron chi connectivity index (χ4n) is 4.62. The van der Waals surface area contributed by atoms with Crippen LogP contribution in [-0.2, 0) is 16.2 Å². The standard InChI is InChI=1S/C24H26Cl2N6O2S/c1-13-23(26)14(2)32(29-13)11-21(33)31-8-6-15(7-9-31)24-28-19(12-35-24)18-10-20(34-30-18)22-16(25)4-3-5-17(22)27/h3-5,12,15,20H,6-11,27H2,1-2H3. The highest BCUT2D eigenvalue weighted by Crippen LogP contribution is 2.38. The molecule has 0 spiro atoms. The van der Waals surface area contributed by atoms with Crippen molar-refractivity contribution in [1.82, 2.24) is 19.7 Å². The molecule has 5 rings (SSSR count). The third kappa shape index (κ3) is 4.77. The Morgan fingerprint density at radius 3 is 2.71 bits per heavy atom. The summed E-state index contributed by atoms with van der Waals surface area (Å²) in [6, 6.07) is 5.44. The van der Waals surface area contributed by atoms with Crippen LogP contribution >= 0.6 is 34.5 Å². The van der Waals surface area contributed by atoms with Gasteiger partial charge in [-0.05, 0) is 38.8 Å². The van der Waals surface area contributed by atoms with Crippen molar-refractivity contribution in [2.45, 2.75) is 51.7 Å². The first-order chi connectivity index (χ1) is 16.8. The van der Waals surface area contributed by atoms with Gasteiger partial charge in [-0.25, -0.2) is 4.98 Å². The van der Waals surface area contributed by atoms with Crippen LogP contribution in [0.3, 0.4) is 0 Å². The minimum absolute atomic E-state index is 0.0629. The number of amides is 1. The molecular weight excluding hydrogens is 507 g/mol. The third-order valence-corrected chi connectivity index (χ3v) is 8.55. The molecule has 2 N–H and O–H groups in total. The molecule has 1 unspecified atom stereocenters. The average Bonchev–Trinajstić information content (AvgIpc) is 3.57. The molecule has 0 saturated carbocycles. The van der Waals surface area contributed by atoms with Gasteiger partial charge in [-0.1, -0.05) is 34.4 Å². The summed E-state index contributed by atoms with van der Waals surface area (Å²) in [4.78, 5) is 25.2. The summed E-state index contributed by atoms with van der Waals surface area (Å²) in [5, 5.41) is 12.9. The van der Waals surface area contributed by atoms with Crippen LogP contribution in [0.1, 0.15) is 58.9 Å². The smallest absolute Gasteiger partial charge is 0.244 e. The number of rotatable bonds is 5. The van der Waals surface area contributed by atoms with Gasteiger partial charge in [0.25, 0.3) is 0 Å². The molecule has 2 aromatic heterocycles. The van der Waals surface area contributed by atoms with Crippen LogP contribution in [0.4, 0.5) is 5.69 Å². The molecular formula is C24H26Cl2N6O2S. The number of nitrogen functional groups attached to an aromatic ring is 1. The second-order valence-corrected chi connectivity index (χ2v) is 10.6. The highest BCUT2D eigenvalue weighted by molar-refractivity contribution is 7.10. The van der Waals surface area contributed by atoms with E-state index in [1.54, 1.807) is 22.1 Å². The number of thiazole rings is 1. The highest BCUT2D eigenvalue weighted by Gasteiger charge is 2.30. The number of nitrogens with zero attached hydrogens (tertiary/aromatic N) is 5. The molecule has 1 amide bonds. The number of anilines is 1. The summed E-state index contributed by atoms with van der Waals surface area (Å²) in [6.45, 7) is 5.34. The minimum Gasteiger partial charge on any atom is -0.398 e. The van der Waals surface area contributed by atoms with Gasteiger partial charge in [-0.2, -0.15) is 5.10 Å². The third-order valence-electron chi connectivity index (χ3n) is 6.67. The summed E-state index contributed by atoms with van der Waals surface area (Å²) in [5.41, 5.74) is 10.7. The van der Waals surface area contributed by atoms with E-state index in [1.807, 2.05) is 36.3 Å². The number of piperidine rings is 1. The second kappa shape index (κ2) is 9.79. The minimum atomic E-state index is -0.310. The van der Waals surface area contributed by atoms with Crippen molar-refractivity contribution in [2.24, 2.45) is 5.16 Å².